The molecule has 4 rings (SSSR count). The highest BCUT2D eigenvalue weighted by Crippen LogP contribution is 2.38. The van der Waals surface area contributed by atoms with Crippen molar-refractivity contribution in [3.63, 3.8) is 0 Å². The zero-order valence-electron chi connectivity index (χ0n) is 19.2. The van der Waals surface area contributed by atoms with Crippen LogP contribution in [0.2, 0.25) is 0 Å². The van der Waals surface area contributed by atoms with Gasteiger partial charge in [-0.3, -0.25) is 4.98 Å². The average molecular weight is 508 g/mol. The molecule has 0 saturated heterocycles. The third kappa shape index (κ3) is 5.38. The van der Waals surface area contributed by atoms with Gasteiger partial charge in [0.25, 0.3) is 0 Å². The highest BCUT2D eigenvalue weighted by atomic mass is 32.2. The number of nitrogen functional groups attached to an aromatic ring is 1. The minimum Gasteiger partial charge on any atom is -0.399 e. The minimum atomic E-state index is -5.60. The molecule has 0 unspecified atom stereocenters. The topological polar surface area (TPSA) is 103 Å². The molecule has 0 spiro atoms. The standard InChI is InChI=1S/C24H28F3N5O2S/c25-24(26,27)35(33,34)31-15-21(9-8-17-4-1-2-5-17)32(14-20-12-19(29)10-11-30-20)23-7-3-6-18(13-28)22(23)16-31/h3,6-7,10-12,17,21H,1-2,4-5,8-9,14-16H2,(H2,29,30)/t21-/m0/s1. The third-order valence-corrected chi connectivity index (χ3v) is 8.50. The summed E-state index contributed by atoms with van der Waals surface area (Å²) in [6, 6.07) is 9.70. The molecule has 2 N–H and O–H groups in total. The normalized spacial score (nSPS) is 19.8. The van der Waals surface area contributed by atoms with Gasteiger partial charge in [0.2, 0.25) is 0 Å². The summed E-state index contributed by atoms with van der Waals surface area (Å²) < 4.78 is 66.5. The molecule has 2 heterocycles. The molecular formula is C24H28F3N5O2S. The summed E-state index contributed by atoms with van der Waals surface area (Å²) in [6.45, 7) is -0.639. The van der Waals surface area contributed by atoms with Crippen LogP contribution in [0, 0.1) is 17.2 Å². The number of pyridine rings is 1. The molecule has 188 valence electrons. The Hall–Kier alpha value is -2.84. The van der Waals surface area contributed by atoms with E-state index in [1.54, 1.807) is 30.5 Å². The summed E-state index contributed by atoms with van der Waals surface area (Å²) in [5.41, 5.74) is 2.55. The second-order valence-corrected chi connectivity index (χ2v) is 11.2. The van der Waals surface area contributed by atoms with Crippen LogP contribution in [0.1, 0.15) is 55.3 Å². The summed E-state index contributed by atoms with van der Waals surface area (Å²) >= 11 is 0. The predicted molar refractivity (Wildman–Crippen MR) is 126 cm³/mol. The molecule has 1 saturated carbocycles. The number of nitrogens with two attached hydrogens (primary N) is 1. The Kier molecular flexibility index (Phi) is 7.24. The maximum Gasteiger partial charge on any atom is 0.511 e. The molecule has 0 radical (unpaired) electrons. The van der Waals surface area contributed by atoms with Crippen molar-refractivity contribution in [2.24, 2.45) is 5.92 Å². The molecule has 35 heavy (non-hydrogen) atoms. The Bertz CT molecular complexity index is 1210. The van der Waals surface area contributed by atoms with Crippen LogP contribution in [-0.2, 0) is 23.1 Å². The van der Waals surface area contributed by atoms with Gasteiger partial charge in [-0.2, -0.15) is 22.7 Å². The quantitative estimate of drug-likeness (QED) is 0.616. The Morgan fingerprint density at radius 2 is 1.91 bits per heavy atom. The number of rotatable bonds is 6. The number of benzene rings is 1. The van der Waals surface area contributed by atoms with Crippen molar-refractivity contribution in [3.8, 4) is 6.07 Å². The smallest absolute Gasteiger partial charge is 0.399 e. The van der Waals surface area contributed by atoms with Gasteiger partial charge in [-0.05, 0) is 43.0 Å². The number of hydrogen-bond acceptors (Lipinski definition) is 6. The molecule has 1 aromatic carbocycles. The number of aromatic nitrogens is 1. The molecule has 7 nitrogen and oxygen atoms in total. The highest BCUT2D eigenvalue weighted by Gasteiger charge is 2.51. The zero-order valence-corrected chi connectivity index (χ0v) is 20.0. The van der Waals surface area contributed by atoms with Crippen LogP contribution in [0.3, 0.4) is 0 Å². The number of anilines is 2. The van der Waals surface area contributed by atoms with Gasteiger partial charge in [-0.1, -0.05) is 31.7 Å². The summed E-state index contributed by atoms with van der Waals surface area (Å²) in [5, 5.41) is 9.67. The van der Waals surface area contributed by atoms with Crippen LogP contribution in [0.5, 0.6) is 0 Å². The lowest BCUT2D eigenvalue weighted by Crippen LogP contribution is -2.47. The Labute approximate surface area is 203 Å². The number of halogens is 3. The summed E-state index contributed by atoms with van der Waals surface area (Å²) in [7, 11) is -5.60. The van der Waals surface area contributed by atoms with Crippen LogP contribution >= 0.6 is 0 Å². The van der Waals surface area contributed by atoms with E-state index in [0.29, 0.717) is 33.7 Å². The van der Waals surface area contributed by atoms with Crippen LogP contribution < -0.4 is 10.6 Å². The monoisotopic (exact) mass is 507 g/mol. The molecule has 1 aliphatic carbocycles. The van der Waals surface area contributed by atoms with Crippen LogP contribution in [-0.4, -0.2) is 35.8 Å². The molecule has 1 aromatic heterocycles. The summed E-state index contributed by atoms with van der Waals surface area (Å²) in [6.07, 6.45) is 7.28. The van der Waals surface area contributed by atoms with Gasteiger partial charge in [0.05, 0.1) is 23.9 Å². The van der Waals surface area contributed by atoms with Gasteiger partial charge >= 0.3 is 15.5 Å². The summed E-state index contributed by atoms with van der Waals surface area (Å²) in [4.78, 5) is 6.26. The van der Waals surface area contributed by atoms with Gasteiger partial charge in [0, 0.05) is 42.3 Å². The first kappa shape index (κ1) is 25.3. The van der Waals surface area contributed by atoms with Crippen molar-refractivity contribution >= 4 is 21.4 Å². The molecule has 1 fully saturated rings. The highest BCUT2D eigenvalue weighted by molar-refractivity contribution is 7.89. The third-order valence-electron chi connectivity index (χ3n) is 6.96. The molecule has 2 aliphatic rings. The maximum atomic E-state index is 13.6. The van der Waals surface area contributed by atoms with E-state index in [1.807, 2.05) is 11.0 Å². The fraction of sp³-hybridized carbons (Fsp3) is 0.500. The molecule has 0 amide bonds. The first-order chi connectivity index (χ1) is 16.6. The molecule has 11 heteroatoms. The van der Waals surface area contributed by atoms with Gasteiger partial charge in [-0.15, -0.1) is 0 Å². The second kappa shape index (κ2) is 10.0. The van der Waals surface area contributed by atoms with Crippen LogP contribution in [0.25, 0.3) is 0 Å². The van der Waals surface area contributed by atoms with E-state index in [4.69, 9.17) is 5.73 Å². The first-order valence-corrected chi connectivity index (χ1v) is 13.1. The van der Waals surface area contributed by atoms with Gasteiger partial charge in [0.15, 0.2) is 0 Å². The first-order valence-electron chi connectivity index (χ1n) is 11.7. The SMILES string of the molecule is N#Cc1cccc2c1CN(S(=O)(=O)C(F)(F)F)C[C@H](CCC1CCCC1)N2Cc1cc(N)ccn1. The van der Waals surface area contributed by atoms with Gasteiger partial charge in [-0.25, -0.2) is 8.42 Å². The zero-order chi connectivity index (χ0) is 25.2. The lowest BCUT2D eigenvalue weighted by molar-refractivity contribution is -0.0492. The minimum absolute atomic E-state index is 0.145. The number of sulfonamides is 1. The van der Waals surface area contributed by atoms with E-state index in [0.717, 1.165) is 32.1 Å². The maximum absolute atomic E-state index is 13.6. The largest absolute Gasteiger partial charge is 0.511 e. The van der Waals surface area contributed by atoms with Crippen LogP contribution in [0.4, 0.5) is 24.5 Å². The predicted octanol–water partition coefficient (Wildman–Crippen LogP) is 4.55. The molecule has 2 aromatic rings. The van der Waals surface area contributed by atoms with Crippen molar-refractivity contribution in [1.82, 2.24) is 9.29 Å². The van der Waals surface area contributed by atoms with E-state index in [-0.39, 0.29) is 24.2 Å². The van der Waals surface area contributed by atoms with E-state index in [9.17, 15) is 26.9 Å². The second-order valence-electron chi connectivity index (χ2n) is 9.25. The van der Waals surface area contributed by atoms with Crippen LogP contribution in [0.15, 0.2) is 36.5 Å². The molecule has 0 bridgehead atoms. The van der Waals surface area contributed by atoms with Crippen molar-refractivity contribution < 1.29 is 21.6 Å². The lowest BCUT2D eigenvalue weighted by atomic mass is 9.97. The van der Waals surface area contributed by atoms with E-state index in [2.05, 4.69) is 4.98 Å². The molecule has 1 aliphatic heterocycles. The fourth-order valence-corrected chi connectivity index (χ4v) is 6.12. The lowest BCUT2D eigenvalue weighted by Gasteiger charge is -2.34. The number of hydrogen-bond donors (Lipinski definition) is 1. The van der Waals surface area contributed by atoms with Crippen molar-refractivity contribution in [2.75, 3.05) is 17.2 Å². The van der Waals surface area contributed by atoms with Crippen molar-refractivity contribution in [2.45, 2.75) is 63.2 Å². The Morgan fingerprint density at radius 3 is 2.57 bits per heavy atom. The van der Waals surface area contributed by atoms with E-state index >= 15 is 0 Å². The molecule has 1 atom stereocenters. The van der Waals surface area contributed by atoms with E-state index in [1.165, 1.54) is 6.07 Å². The number of nitriles is 1. The van der Waals surface area contributed by atoms with Crippen molar-refractivity contribution in [1.29, 1.82) is 5.26 Å². The Balaban J connectivity index is 1.80. The van der Waals surface area contributed by atoms with Gasteiger partial charge < -0.3 is 10.6 Å². The van der Waals surface area contributed by atoms with E-state index < -0.39 is 28.1 Å². The summed E-state index contributed by atoms with van der Waals surface area (Å²) in [5.74, 6) is 0.475. The van der Waals surface area contributed by atoms with Crippen molar-refractivity contribution in [3.05, 3.63) is 53.3 Å². The number of fused-ring (bicyclic) bond motifs is 1. The average Bonchev–Trinajstić information content (AvgIpc) is 3.27. The molecular weight excluding hydrogens is 479 g/mol. The number of nitrogens with zero attached hydrogens (tertiary/aromatic N) is 4. The number of alkyl halides is 3. The van der Waals surface area contributed by atoms with Gasteiger partial charge in [0.1, 0.15) is 0 Å². The fourth-order valence-electron chi connectivity index (χ4n) is 5.16. The Morgan fingerprint density at radius 1 is 1.17 bits per heavy atom.